The van der Waals surface area contributed by atoms with Crippen molar-refractivity contribution in [1.29, 1.82) is 0 Å². The van der Waals surface area contributed by atoms with E-state index in [1.807, 2.05) is 0 Å². The third kappa shape index (κ3) is 3.19. The molecular formula is C13H15FO3. The second-order valence-corrected chi connectivity index (χ2v) is 4.12. The van der Waals surface area contributed by atoms with E-state index in [0.717, 1.165) is 12.8 Å². The van der Waals surface area contributed by atoms with E-state index in [-0.39, 0.29) is 5.75 Å². The number of halogens is 1. The molecule has 0 radical (unpaired) electrons. The molecule has 17 heavy (non-hydrogen) atoms. The van der Waals surface area contributed by atoms with Gasteiger partial charge in [0.25, 0.3) is 0 Å². The van der Waals surface area contributed by atoms with E-state index in [0.29, 0.717) is 24.7 Å². The molecule has 4 heteroatoms. The summed E-state index contributed by atoms with van der Waals surface area (Å²) >= 11 is 0. The lowest BCUT2D eigenvalue weighted by Crippen LogP contribution is -2.06. The van der Waals surface area contributed by atoms with Crippen molar-refractivity contribution in [2.75, 3.05) is 13.2 Å². The van der Waals surface area contributed by atoms with Gasteiger partial charge in [-0.25, -0.2) is 9.18 Å². The van der Waals surface area contributed by atoms with Crippen molar-refractivity contribution in [3.63, 3.8) is 0 Å². The number of esters is 1. The summed E-state index contributed by atoms with van der Waals surface area (Å²) in [5.41, 5.74) is 0.319. The van der Waals surface area contributed by atoms with E-state index in [1.165, 1.54) is 18.2 Å². The molecule has 1 aliphatic carbocycles. The van der Waals surface area contributed by atoms with Crippen LogP contribution in [0.4, 0.5) is 4.39 Å². The Hall–Kier alpha value is -1.58. The molecule has 0 amide bonds. The number of hydrogen-bond donors (Lipinski definition) is 0. The number of carbonyl (C=O) groups excluding carboxylic acids is 1. The highest BCUT2D eigenvalue weighted by molar-refractivity contribution is 5.89. The molecule has 1 saturated carbocycles. The minimum Gasteiger partial charge on any atom is -0.490 e. The molecule has 0 spiro atoms. The number of ether oxygens (including phenoxy) is 2. The first kappa shape index (κ1) is 11.9. The molecule has 1 aromatic carbocycles. The predicted octanol–water partition coefficient (Wildman–Crippen LogP) is 2.79. The van der Waals surface area contributed by atoms with Gasteiger partial charge >= 0.3 is 5.97 Å². The van der Waals surface area contributed by atoms with Crippen LogP contribution >= 0.6 is 0 Å². The van der Waals surface area contributed by atoms with E-state index in [1.54, 1.807) is 6.92 Å². The maximum atomic E-state index is 13.4. The summed E-state index contributed by atoms with van der Waals surface area (Å²) in [5.74, 6) is -0.231. The van der Waals surface area contributed by atoms with Gasteiger partial charge < -0.3 is 9.47 Å². The predicted molar refractivity (Wildman–Crippen MR) is 60.6 cm³/mol. The molecule has 0 saturated heterocycles. The molecule has 0 unspecified atom stereocenters. The van der Waals surface area contributed by atoms with Gasteiger partial charge in [0.05, 0.1) is 18.8 Å². The third-order valence-electron chi connectivity index (χ3n) is 2.61. The number of carbonyl (C=O) groups is 1. The first-order chi connectivity index (χ1) is 8.20. The zero-order chi connectivity index (χ0) is 12.3. The maximum absolute atomic E-state index is 13.4. The lowest BCUT2D eigenvalue weighted by Gasteiger charge is -2.08. The fourth-order valence-corrected chi connectivity index (χ4v) is 1.45. The summed E-state index contributed by atoms with van der Waals surface area (Å²) in [7, 11) is 0. The molecule has 0 heterocycles. The van der Waals surface area contributed by atoms with Crippen LogP contribution in [0.25, 0.3) is 0 Å². The van der Waals surface area contributed by atoms with Crippen LogP contribution < -0.4 is 4.74 Å². The quantitative estimate of drug-likeness (QED) is 0.740. The van der Waals surface area contributed by atoms with Gasteiger partial charge in [-0.05, 0) is 43.9 Å². The first-order valence-corrected chi connectivity index (χ1v) is 5.80. The van der Waals surface area contributed by atoms with Crippen molar-refractivity contribution >= 4 is 5.97 Å². The summed E-state index contributed by atoms with van der Waals surface area (Å²) in [5, 5.41) is 0. The molecule has 0 aromatic heterocycles. The van der Waals surface area contributed by atoms with Crippen molar-refractivity contribution in [2.45, 2.75) is 19.8 Å². The van der Waals surface area contributed by atoms with Crippen molar-refractivity contribution < 1.29 is 18.7 Å². The Bertz CT molecular complexity index is 413. The zero-order valence-corrected chi connectivity index (χ0v) is 9.74. The smallest absolute Gasteiger partial charge is 0.338 e. The molecule has 92 valence electrons. The average molecular weight is 238 g/mol. The molecule has 0 bridgehead atoms. The average Bonchev–Trinajstić information content (AvgIpc) is 3.12. The molecule has 1 fully saturated rings. The lowest BCUT2D eigenvalue weighted by molar-refractivity contribution is 0.0525. The second kappa shape index (κ2) is 5.17. The van der Waals surface area contributed by atoms with Crippen LogP contribution in [0.2, 0.25) is 0 Å². The minimum atomic E-state index is -0.455. The summed E-state index contributed by atoms with van der Waals surface area (Å²) in [6.45, 7) is 2.55. The molecular weight excluding hydrogens is 223 g/mol. The third-order valence-corrected chi connectivity index (χ3v) is 2.61. The Kier molecular flexibility index (Phi) is 3.61. The highest BCUT2D eigenvalue weighted by Gasteiger charge is 2.22. The Morgan fingerprint density at radius 1 is 1.47 bits per heavy atom. The van der Waals surface area contributed by atoms with Gasteiger partial charge in [0.2, 0.25) is 0 Å². The fraction of sp³-hybridized carbons (Fsp3) is 0.462. The van der Waals surface area contributed by atoms with Gasteiger partial charge in [0, 0.05) is 0 Å². The summed E-state index contributed by atoms with van der Waals surface area (Å²) < 4.78 is 23.6. The van der Waals surface area contributed by atoms with Crippen LogP contribution in [0.15, 0.2) is 18.2 Å². The van der Waals surface area contributed by atoms with Crippen LogP contribution in [0.1, 0.15) is 30.1 Å². The van der Waals surface area contributed by atoms with Crippen LogP contribution in [-0.4, -0.2) is 19.2 Å². The highest BCUT2D eigenvalue weighted by atomic mass is 19.1. The lowest BCUT2D eigenvalue weighted by atomic mass is 10.2. The van der Waals surface area contributed by atoms with Crippen LogP contribution in [0, 0.1) is 11.7 Å². The first-order valence-electron chi connectivity index (χ1n) is 5.80. The zero-order valence-electron chi connectivity index (χ0n) is 9.74. The topological polar surface area (TPSA) is 35.5 Å². The normalized spacial score (nSPS) is 14.5. The van der Waals surface area contributed by atoms with Gasteiger partial charge in [-0.3, -0.25) is 0 Å². The van der Waals surface area contributed by atoms with Gasteiger partial charge in [-0.2, -0.15) is 0 Å². The fourth-order valence-electron chi connectivity index (χ4n) is 1.45. The maximum Gasteiger partial charge on any atom is 0.338 e. The molecule has 0 aliphatic heterocycles. The van der Waals surface area contributed by atoms with E-state index in [4.69, 9.17) is 9.47 Å². The molecule has 1 aliphatic rings. The van der Waals surface area contributed by atoms with Crippen LogP contribution in [0.3, 0.4) is 0 Å². The van der Waals surface area contributed by atoms with Gasteiger partial charge in [-0.1, -0.05) is 0 Å². The van der Waals surface area contributed by atoms with Crippen molar-refractivity contribution in [1.82, 2.24) is 0 Å². The van der Waals surface area contributed by atoms with E-state index in [2.05, 4.69) is 0 Å². The molecule has 0 N–H and O–H groups in total. The van der Waals surface area contributed by atoms with Gasteiger partial charge in [0.15, 0.2) is 11.6 Å². The summed E-state index contributed by atoms with van der Waals surface area (Å²) in [6.07, 6.45) is 2.28. The van der Waals surface area contributed by atoms with Crippen molar-refractivity contribution in [3.8, 4) is 5.75 Å². The van der Waals surface area contributed by atoms with E-state index in [9.17, 15) is 9.18 Å². The van der Waals surface area contributed by atoms with Gasteiger partial charge in [-0.15, -0.1) is 0 Å². The Morgan fingerprint density at radius 3 is 2.88 bits per heavy atom. The Balaban J connectivity index is 2.07. The number of rotatable bonds is 5. The van der Waals surface area contributed by atoms with Crippen LogP contribution in [-0.2, 0) is 4.74 Å². The molecule has 3 nitrogen and oxygen atoms in total. The SMILES string of the molecule is CCOC(=O)c1ccc(F)c(OCC2CC2)c1. The molecule has 1 aromatic rings. The second-order valence-electron chi connectivity index (χ2n) is 4.12. The Morgan fingerprint density at radius 2 is 2.24 bits per heavy atom. The largest absolute Gasteiger partial charge is 0.490 e. The monoisotopic (exact) mass is 238 g/mol. The standard InChI is InChI=1S/C13H15FO3/c1-2-16-13(15)10-5-6-11(14)12(7-10)17-8-9-3-4-9/h5-7,9H,2-4,8H2,1H3. The van der Waals surface area contributed by atoms with Crippen molar-refractivity contribution in [2.24, 2.45) is 5.92 Å². The van der Waals surface area contributed by atoms with E-state index >= 15 is 0 Å². The van der Waals surface area contributed by atoms with Gasteiger partial charge in [0.1, 0.15) is 0 Å². The summed E-state index contributed by atoms with van der Waals surface area (Å²) in [4.78, 5) is 11.5. The minimum absolute atomic E-state index is 0.127. The highest BCUT2D eigenvalue weighted by Crippen LogP contribution is 2.30. The summed E-state index contributed by atoms with van der Waals surface area (Å²) in [6, 6.07) is 4.03. The number of benzene rings is 1. The molecule has 0 atom stereocenters. The van der Waals surface area contributed by atoms with E-state index < -0.39 is 11.8 Å². The van der Waals surface area contributed by atoms with Crippen molar-refractivity contribution in [3.05, 3.63) is 29.6 Å². The van der Waals surface area contributed by atoms with Crippen LogP contribution in [0.5, 0.6) is 5.75 Å². The Labute approximate surface area is 99.5 Å². The number of hydrogen-bond acceptors (Lipinski definition) is 3. The molecule has 2 rings (SSSR count).